The topological polar surface area (TPSA) is 72.3 Å². The highest BCUT2D eigenvalue weighted by atomic mass is 35.5. The number of aryl methyl sites for hydroxylation is 2. The summed E-state index contributed by atoms with van der Waals surface area (Å²) in [5, 5.41) is 13.2. The molecular formula is C23H26ClN5O2S. The molecule has 9 heteroatoms. The van der Waals surface area contributed by atoms with Crippen LogP contribution in [0.25, 0.3) is 5.69 Å². The van der Waals surface area contributed by atoms with Crippen LogP contribution in [0.4, 0.5) is 5.69 Å². The molecule has 4 rings (SSSR count). The Morgan fingerprint density at radius 2 is 1.88 bits per heavy atom. The first-order valence-electron chi connectivity index (χ1n) is 10.5. The molecular weight excluding hydrogens is 446 g/mol. The third kappa shape index (κ3) is 5.69. The molecule has 1 amide bonds. The van der Waals surface area contributed by atoms with Gasteiger partial charge in [-0.25, -0.2) is 0 Å². The van der Waals surface area contributed by atoms with Crippen molar-refractivity contribution in [3.63, 3.8) is 0 Å². The maximum Gasteiger partial charge on any atom is 0.234 e. The van der Waals surface area contributed by atoms with E-state index in [4.69, 9.17) is 16.3 Å². The lowest BCUT2D eigenvalue weighted by Gasteiger charge is -2.26. The number of hydrogen-bond acceptors (Lipinski definition) is 6. The third-order valence-electron chi connectivity index (χ3n) is 5.25. The number of nitrogens with zero attached hydrogens (tertiary/aromatic N) is 4. The number of amides is 1. The number of hydrogen-bond donors (Lipinski definition) is 1. The predicted molar refractivity (Wildman–Crippen MR) is 128 cm³/mol. The predicted octanol–water partition coefficient (Wildman–Crippen LogP) is 4.10. The van der Waals surface area contributed by atoms with Crippen LogP contribution in [-0.2, 0) is 16.1 Å². The number of ether oxygens (including phenoxy) is 1. The van der Waals surface area contributed by atoms with Crippen LogP contribution in [-0.4, -0.2) is 57.6 Å². The van der Waals surface area contributed by atoms with Crippen LogP contribution in [0.5, 0.6) is 0 Å². The van der Waals surface area contributed by atoms with Crippen molar-refractivity contribution in [1.82, 2.24) is 19.7 Å². The van der Waals surface area contributed by atoms with Crippen molar-refractivity contribution in [1.29, 1.82) is 0 Å². The minimum atomic E-state index is -0.0796. The van der Waals surface area contributed by atoms with Gasteiger partial charge in [-0.2, -0.15) is 0 Å². The molecule has 1 fully saturated rings. The van der Waals surface area contributed by atoms with E-state index >= 15 is 0 Å². The van der Waals surface area contributed by atoms with E-state index in [9.17, 15) is 4.79 Å². The third-order valence-corrected chi connectivity index (χ3v) is 6.43. The molecule has 0 atom stereocenters. The summed E-state index contributed by atoms with van der Waals surface area (Å²) >= 11 is 7.46. The Morgan fingerprint density at radius 1 is 1.12 bits per heavy atom. The van der Waals surface area contributed by atoms with Crippen molar-refractivity contribution in [3.8, 4) is 5.69 Å². The maximum atomic E-state index is 12.6. The van der Waals surface area contributed by atoms with Gasteiger partial charge in [-0.15, -0.1) is 10.2 Å². The number of benzene rings is 2. The number of anilines is 1. The second kappa shape index (κ2) is 10.5. The summed E-state index contributed by atoms with van der Waals surface area (Å²) in [4.78, 5) is 14.9. The van der Waals surface area contributed by atoms with Crippen molar-refractivity contribution in [3.05, 3.63) is 64.4 Å². The second-order valence-corrected chi connectivity index (χ2v) is 9.13. The van der Waals surface area contributed by atoms with Gasteiger partial charge in [-0.1, -0.05) is 35.5 Å². The van der Waals surface area contributed by atoms with Crippen LogP contribution >= 0.6 is 23.4 Å². The quantitative estimate of drug-likeness (QED) is 0.523. The SMILES string of the molecule is Cc1ccc(C)c(NC(=O)CSc2nnc(CN3CCOCC3)n2-c2ccc(Cl)cc2)c1. The van der Waals surface area contributed by atoms with E-state index in [1.807, 2.05) is 60.9 Å². The first kappa shape index (κ1) is 22.8. The minimum absolute atomic E-state index is 0.0796. The maximum absolute atomic E-state index is 12.6. The highest BCUT2D eigenvalue weighted by molar-refractivity contribution is 7.99. The van der Waals surface area contributed by atoms with Gasteiger partial charge < -0.3 is 10.1 Å². The largest absolute Gasteiger partial charge is 0.379 e. The van der Waals surface area contributed by atoms with Crippen molar-refractivity contribution < 1.29 is 9.53 Å². The zero-order valence-electron chi connectivity index (χ0n) is 18.2. The lowest BCUT2D eigenvalue weighted by Crippen LogP contribution is -2.36. The number of aromatic nitrogens is 3. The molecule has 2 heterocycles. The van der Waals surface area contributed by atoms with Gasteiger partial charge in [0.1, 0.15) is 0 Å². The van der Waals surface area contributed by atoms with Gasteiger partial charge in [0.15, 0.2) is 11.0 Å². The fourth-order valence-electron chi connectivity index (χ4n) is 3.49. The number of rotatable bonds is 7. The van der Waals surface area contributed by atoms with Gasteiger partial charge >= 0.3 is 0 Å². The zero-order chi connectivity index (χ0) is 22.5. The lowest BCUT2D eigenvalue weighted by atomic mass is 10.1. The number of morpholine rings is 1. The summed E-state index contributed by atoms with van der Waals surface area (Å²) in [6.07, 6.45) is 0. The number of carbonyl (C=O) groups is 1. The van der Waals surface area contributed by atoms with E-state index in [1.165, 1.54) is 11.8 Å². The first-order chi connectivity index (χ1) is 15.5. The van der Waals surface area contributed by atoms with Gasteiger partial charge in [0.25, 0.3) is 0 Å². The Hall–Kier alpha value is -2.39. The molecule has 7 nitrogen and oxygen atoms in total. The molecule has 1 aliphatic rings. The van der Waals surface area contributed by atoms with Gasteiger partial charge in [-0.3, -0.25) is 14.3 Å². The Kier molecular flexibility index (Phi) is 7.47. The van der Waals surface area contributed by atoms with Crippen molar-refractivity contribution in [2.75, 3.05) is 37.4 Å². The van der Waals surface area contributed by atoms with E-state index in [2.05, 4.69) is 20.4 Å². The summed E-state index contributed by atoms with van der Waals surface area (Å²) < 4.78 is 7.45. The molecule has 0 unspecified atom stereocenters. The van der Waals surface area contributed by atoms with Gasteiger partial charge in [0.05, 0.1) is 25.5 Å². The molecule has 168 valence electrons. The lowest BCUT2D eigenvalue weighted by molar-refractivity contribution is -0.113. The average Bonchev–Trinajstić information content (AvgIpc) is 3.18. The molecule has 32 heavy (non-hydrogen) atoms. The number of thioether (sulfide) groups is 1. The highest BCUT2D eigenvalue weighted by Gasteiger charge is 2.20. The molecule has 0 spiro atoms. The Labute approximate surface area is 197 Å². The number of carbonyl (C=O) groups excluding carboxylic acids is 1. The molecule has 2 aromatic carbocycles. The van der Waals surface area contributed by atoms with Crippen LogP contribution in [0.2, 0.25) is 5.02 Å². The molecule has 1 saturated heterocycles. The molecule has 3 aromatic rings. The normalized spacial score (nSPS) is 14.5. The monoisotopic (exact) mass is 471 g/mol. The van der Waals surface area contributed by atoms with Crippen LogP contribution in [0.1, 0.15) is 17.0 Å². The van der Waals surface area contributed by atoms with Crippen molar-refractivity contribution in [2.45, 2.75) is 25.5 Å². The smallest absolute Gasteiger partial charge is 0.234 e. The summed E-state index contributed by atoms with van der Waals surface area (Å²) in [5.74, 6) is 0.979. The summed E-state index contributed by atoms with van der Waals surface area (Å²) in [7, 11) is 0. The second-order valence-electron chi connectivity index (χ2n) is 7.75. The van der Waals surface area contributed by atoms with Crippen molar-refractivity contribution >= 4 is 35.0 Å². The van der Waals surface area contributed by atoms with Gasteiger partial charge in [-0.05, 0) is 55.3 Å². The number of nitrogens with one attached hydrogen (secondary N) is 1. The van der Waals surface area contributed by atoms with E-state index in [-0.39, 0.29) is 11.7 Å². The van der Waals surface area contributed by atoms with E-state index < -0.39 is 0 Å². The van der Waals surface area contributed by atoms with Crippen LogP contribution in [0.3, 0.4) is 0 Å². The summed E-state index contributed by atoms with van der Waals surface area (Å²) in [6.45, 7) is 7.80. The van der Waals surface area contributed by atoms with Gasteiger partial charge in [0, 0.05) is 29.5 Å². The molecule has 0 saturated carbocycles. The Balaban J connectivity index is 1.51. The Bertz CT molecular complexity index is 1080. The standard InChI is InChI=1S/C23H26ClN5O2S/c1-16-3-4-17(2)20(13-16)25-22(30)15-32-23-27-26-21(14-28-9-11-31-12-10-28)29(23)19-7-5-18(24)6-8-19/h3-8,13H,9-12,14-15H2,1-2H3,(H,25,30). The van der Waals surface area contributed by atoms with Crippen LogP contribution < -0.4 is 5.32 Å². The summed E-state index contributed by atoms with van der Waals surface area (Å²) in [5.41, 5.74) is 3.89. The van der Waals surface area contributed by atoms with E-state index in [0.717, 1.165) is 54.6 Å². The molecule has 1 aliphatic heterocycles. The zero-order valence-corrected chi connectivity index (χ0v) is 19.7. The van der Waals surface area contributed by atoms with Crippen molar-refractivity contribution in [2.24, 2.45) is 0 Å². The first-order valence-corrected chi connectivity index (χ1v) is 11.9. The summed E-state index contributed by atoms with van der Waals surface area (Å²) in [6, 6.07) is 13.6. The molecule has 1 aromatic heterocycles. The highest BCUT2D eigenvalue weighted by Crippen LogP contribution is 2.25. The van der Waals surface area contributed by atoms with E-state index in [0.29, 0.717) is 16.7 Å². The van der Waals surface area contributed by atoms with Crippen LogP contribution in [0.15, 0.2) is 47.6 Å². The van der Waals surface area contributed by atoms with E-state index in [1.54, 1.807) is 0 Å². The average molecular weight is 472 g/mol. The molecule has 0 radical (unpaired) electrons. The molecule has 1 N–H and O–H groups in total. The minimum Gasteiger partial charge on any atom is -0.379 e. The fraction of sp³-hybridized carbons (Fsp3) is 0.348. The number of halogens is 1. The van der Waals surface area contributed by atoms with Crippen LogP contribution in [0, 0.1) is 13.8 Å². The molecule has 0 aliphatic carbocycles. The van der Waals surface area contributed by atoms with Gasteiger partial charge in [0.2, 0.25) is 5.91 Å². The fourth-order valence-corrected chi connectivity index (χ4v) is 4.39. The molecule has 0 bridgehead atoms. The Morgan fingerprint density at radius 3 is 2.62 bits per heavy atom.